The molecule has 0 spiro atoms. The Morgan fingerprint density at radius 2 is 2.06 bits per heavy atom. The van der Waals surface area contributed by atoms with Gasteiger partial charge >= 0.3 is 0 Å². The third-order valence-corrected chi connectivity index (χ3v) is 4.77. The van der Waals surface area contributed by atoms with E-state index in [9.17, 15) is 8.78 Å². The Hall–Kier alpha value is -0.180. The smallest absolute Gasteiger partial charge is 0.248 e. The molecule has 4 atom stereocenters. The van der Waals surface area contributed by atoms with Crippen LogP contribution >= 0.6 is 0 Å². The fourth-order valence-electron chi connectivity index (χ4n) is 3.76. The maximum atomic E-state index is 13.2. The van der Waals surface area contributed by atoms with Crippen molar-refractivity contribution >= 4 is 0 Å². The van der Waals surface area contributed by atoms with E-state index in [1.165, 1.54) is 19.3 Å². The van der Waals surface area contributed by atoms with Gasteiger partial charge in [0, 0.05) is 18.9 Å². The lowest BCUT2D eigenvalue weighted by Crippen LogP contribution is -2.34. The zero-order valence-corrected chi connectivity index (χ0v) is 11.0. The molecule has 1 N–H and O–H groups in total. The van der Waals surface area contributed by atoms with Gasteiger partial charge in [-0.15, -0.1) is 0 Å². The van der Waals surface area contributed by atoms with Crippen molar-refractivity contribution in [3.8, 4) is 0 Å². The largest absolute Gasteiger partial charge is 0.317 e. The fraction of sp³-hybridized carbons (Fsp3) is 1.00. The van der Waals surface area contributed by atoms with Gasteiger partial charge in [-0.1, -0.05) is 13.3 Å². The summed E-state index contributed by atoms with van der Waals surface area (Å²) in [4.78, 5) is 0. The van der Waals surface area contributed by atoms with Crippen LogP contribution in [0, 0.1) is 17.8 Å². The Morgan fingerprint density at radius 1 is 1.29 bits per heavy atom. The van der Waals surface area contributed by atoms with E-state index in [4.69, 9.17) is 0 Å². The van der Waals surface area contributed by atoms with Gasteiger partial charge < -0.3 is 5.32 Å². The van der Waals surface area contributed by atoms with Crippen LogP contribution in [0.15, 0.2) is 0 Å². The van der Waals surface area contributed by atoms with Gasteiger partial charge in [-0.05, 0) is 50.5 Å². The Labute approximate surface area is 103 Å². The van der Waals surface area contributed by atoms with Crippen LogP contribution in [0.2, 0.25) is 0 Å². The Balaban J connectivity index is 1.84. The van der Waals surface area contributed by atoms with Crippen LogP contribution in [-0.2, 0) is 0 Å². The summed E-state index contributed by atoms with van der Waals surface area (Å²) in [6.45, 7) is 2.30. The lowest BCUT2D eigenvalue weighted by molar-refractivity contribution is 0.00406. The fourth-order valence-corrected chi connectivity index (χ4v) is 3.76. The van der Waals surface area contributed by atoms with E-state index in [-0.39, 0.29) is 18.8 Å². The van der Waals surface area contributed by atoms with Crippen LogP contribution in [0.3, 0.4) is 0 Å². The molecule has 2 saturated carbocycles. The highest BCUT2D eigenvalue weighted by Crippen LogP contribution is 2.43. The lowest BCUT2D eigenvalue weighted by atomic mass is 9.88. The first kappa shape index (κ1) is 13.3. The molecule has 0 aromatic heterocycles. The van der Waals surface area contributed by atoms with Crippen LogP contribution in [0.5, 0.6) is 0 Å². The molecule has 4 unspecified atom stereocenters. The molecule has 3 heteroatoms. The van der Waals surface area contributed by atoms with Crippen molar-refractivity contribution in [3.63, 3.8) is 0 Å². The van der Waals surface area contributed by atoms with E-state index in [1.807, 2.05) is 7.05 Å². The van der Waals surface area contributed by atoms with Crippen molar-refractivity contribution < 1.29 is 8.78 Å². The van der Waals surface area contributed by atoms with Gasteiger partial charge in [0.05, 0.1) is 0 Å². The minimum atomic E-state index is -2.38. The van der Waals surface area contributed by atoms with Gasteiger partial charge in [0.1, 0.15) is 0 Å². The van der Waals surface area contributed by atoms with Crippen molar-refractivity contribution in [2.75, 3.05) is 7.05 Å². The molecule has 0 aromatic carbocycles. The molecule has 17 heavy (non-hydrogen) atoms. The topological polar surface area (TPSA) is 12.0 Å². The van der Waals surface area contributed by atoms with Crippen molar-refractivity contribution in [3.05, 3.63) is 0 Å². The molecule has 0 heterocycles. The highest BCUT2D eigenvalue weighted by molar-refractivity contribution is 4.88. The van der Waals surface area contributed by atoms with E-state index in [0.717, 1.165) is 12.3 Å². The first-order valence-corrected chi connectivity index (χ1v) is 7.05. The molecule has 0 radical (unpaired) electrons. The molecule has 0 amide bonds. The number of hydrogen-bond acceptors (Lipinski definition) is 1. The summed E-state index contributed by atoms with van der Waals surface area (Å²) in [6.07, 6.45) is 5.74. The predicted molar refractivity (Wildman–Crippen MR) is 66.3 cm³/mol. The van der Waals surface area contributed by atoms with Crippen LogP contribution in [0.25, 0.3) is 0 Å². The summed E-state index contributed by atoms with van der Waals surface area (Å²) in [7, 11) is 1.99. The highest BCUT2D eigenvalue weighted by atomic mass is 19.3. The molecular formula is C14H25F2N. The van der Waals surface area contributed by atoms with Gasteiger partial charge in [-0.3, -0.25) is 0 Å². The molecule has 0 aromatic rings. The SMILES string of the molecule is CNC(CC1CCC(F)(F)C1)C1CCC(C)C1. The molecule has 2 rings (SSSR count). The molecular weight excluding hydrogens is 220 g/mol. The summed E-state index contributed by atoms with van der Waals surface area (Å²) in [5.74, 6) is -0.616. The number of rotatable bonds is 4. The number of hydrogen-bond donors (Lipinski definition) is 1. The normalized spacial score (nSPS) is 38.5. The van der Waals surface area contributed by atoms with Crippen molar-refractivity contribution in [1.82, 2.24) is 5.32 Å². The monoisotopic (exact) mass is 245 g/mol. The first-order chi connectivity index (χ1) is 8.00. The minimum Gasteiger partial charge on any atom is -0.317 e. The van der Waals surface area contributed by atoms with E-state index in [2.05, 4.69) is 12.2 Å². The first-order valence-electron chi connectivity index (χ1n) is 7.05. The van der Waals surface area contributed by atoms with E-state index in [0.29, 0.717) is 18.4 Å². The van der Waals surface area contributed by atoms with Crippen LogP contribution < -0.4 is 5.32 Å². The van der Waals surface area contributed by atoms with Gasteiger partial charge in [0.25, 0.3) is 0 Å². The molecule has 0 saturated heterocycles. The number of nitrogens with one attached hydrogen (secondary N) is 1. The van der Waals surface area contributed by atoms with Gasteiger partial charge in [-0.25, -0.2) is 8.78 Å². The van der Waals surface area contributed by atoms with Gasteiger partial charge in [0.2, 0.25) is 5.92 Å². The summed E-state index contributed by atoms with van der Waals surface area (Å²) in [5.41, 5.74) is 0. The maximum Gasteiger partial charge on any atom is 0.248 e. The van der Waals surface area contributed by atoms with Crippen LogP contribution in [0.4, 0.5) is 8.78 Å². The Bertz CT molecular complexity index is 255. The molecule has 2 aliphatic rings. The van der Waals surface area contributed by atoms with Crippen molar-refractivity contribution in [2.45, 2.75) is 63.8 Å². The predicted octanol–water partition coefficient (Wildman–Crippen LogP) is 3.84. The number of halogens is 2. The second-order valence-corrected chi connectivity index (χ2v) is 6.27. The zero-order valence-electron chi connectivity index (χ0n) is 11.0. The summed E-state index contributed by atoms with van der Waals surface area (Å²) in [5, 5.41) is 3.37. The van der Waals surface area contributed by atoms with Crippen molar-refractivity contribution in [1.29, 1.82) is 0 Å². The molecule has 2 fully saturated rings. The molecule has 100 valence electrons. The standard InChI is InChI=1S/C14H25F2N/c1-10-3-4-12(7-10)13(17-2)8-11-5-6-14(15,16)9-11/h10-13,17H,3-9H2,1-2H3. The van der Waals surface area contributed by atoms with E-state index < -0.39 is 5.92 Å². The molecule has 0 aliphatic heterocycles. The maximum absolute atomic E-state index is 13.2. The van der Waals surface area contributed by atoms with Crippen LogP contribution in [0.1, 0.15) is 51.9 Å². The molecule has 2 aliphatic carbocycles. The summed E-state index contributed by atoms with van der Waals surface area (Å²) >= 11 is 0. The molecule has 1 nitrogen and oxygen atoms in total. The number of alkyl halides is 2. The highest BCUT2D eigenvalue weighted by Gasteiger charge is 2.41. The van der Waals surface area contributed by atoms with E-state index in [1.54, 1.807) is 0 Å². The average Bonchev–Trinajstić information content (AvgIpc) is 2.81. The second-order valence-electron chi connectivity index (χ2n) is 6.27. The second kappa shape index (κ2) is 5.21. The third-order valence-electron chi connectivity index (χ3n) is 4.77. The quantitative estimate of drug-likeness (QED) is 0.793. The zero-order chi connectivity index (χ0) is 12.5. The lowest BCUT2D eigenvalue weighted by Gasteiger charge is -2.26. The third kappa shape index (κ3) is 3.40. The summed E-state index contributed by atoms with van der Waals surface area (Å²) in [6, 6.07) is 0.457. The van der Waals surface area contributed by atoms with E-state index >= 15 is 0 Å². The van der Waals surface area contributed by atoms with Gasteiger partial charge in [0.15, 0.2) is 0 Å². The Morgan fingerprint density at radius 3 is 2.53 bits per heavy atom. The minimum absolute atomic E-state index is 0.106. The van der Waals surface area contributed by atoms with Crippen molar-refractivity contribution in [2.24, 2.45) is 17.8 Å². The Kier molecular flexibility index (Phi) is 4.06. The average molecular weight is 245 g/mol. The summed E-state index contributed by atoms with van der Waals surface area (Å²) < 4.78 is 26.3. The molecule has 0 bridgehead atoms. The van der Waals surface area contributed by atoms with Gasteiger partial charge in [-0.2, -0.15) is 0 Å². The van der Waals surface area contributed by atoms with Crippen LogP contribution in [-0.4, -0.2) is 19.0 Å².